The maximum atomic E-state index is 11.7. The third-order valence-corrected chi connectivity index (χ3v) is 2.42. The number of nitrogen functional groups attached to an aromatic ring is 1. The van der Waals surface area contributed by atoms with Crippen molar-refractivity contribution in [1.29, 1.82) is 0 Å². The van der Waals surface area contributed by atoms with Gasteiger partial charge in [0.25, 0.3) is 0 Å². The van der Waals surface area contributed by atoms with Gasteiger partial charge in [0, 0.05) is 5.69 Å². The molecule has 0 amide bonds. The molecule has 16 heavy (non-hydrogen) atoms. The molecule has 0 saturated heterocycles. The summed E-state index contributed by atoms with van der Waals surface area (Å²) in [5, 5.41) is 0. The lowest BCUT2D eigenvalue weighted by Crippen LogP contribution is -2.14. The van der Waals surface area contributed by atoms with Gasteiger partial charge in [0.05, 0.1) is 11.7 Å². The highest BCUT2D eigenvalue weighted by Gasteiger charge is 2.10. The molecular formula is C13H19NO2. The van der Waals surface area contributed by atoms with E-state index in [4.69, 9.17) is 10.5 Å². The van der Waals surface area contributed by atoms with Gasteiger partial charge in [-0.05, 0) is 37.6 Å². The van der Waals surface area contributed by atoms with E-state index >= 15 is 0 Å². The van der Waals surface area contributed by atoms with Crippen molar-refractivity contribution in [1.82, 2.24) is 0 Å². The molecule has 2 N–H and O–H groups in total. The zero-order chi connectivity index (χ0) is 12.0. The van der Waals surface area contributed by atoms with Crippen LogP contribution in [0.15, 0.2) is 24.3 Å². The fraction of sp³-hybridized carbons (Fsp3) is 0.462. The number of ether oxygens (including phenoxy) is 1. The average Bonchev–Trinajstić information content (AvgIpc) is 2.27. The second-order valence-electron chi connectivity index (χ2n) is 3.98. The molecule has 0 aromatic heterocycles. The largest absolute Gasteiger partial charge is 0.459 e. The van der Waals surface area contributed by atoms with Crippen LogP contribution in [0.25, 0.3) is 0 Å². The van der Waals surface area contributed by atoms with Gasteiger partial charge in [-0.15, -0.1) is 0 Å². The van der Waals surface area contributed by atoms with Gasteiger partial charge in [0.1, 0.15) is 0 Å². The van der Waals surface area contributed by atoms with Gasteiger partial charge in [-0.2, -0.15) is 0 Å². The lowest BCUT2D eigenvalue weighted by Gasteiger charge is -2.12. The van der Waals surface area contributed by atoms with Crippen molar-refractivity contribution in [2.45, 2.75) is 39.2 Å². The zero-order valence-electron chi connectivity index (χ0n) is 9.90. The first-order valence-corrected chi connectivity index (χ1v) is 5.70. The molecule has 1 unspecified atom stereocenters. The Bertz CT molecular complexity index is 332. The minimum Gasteiger partial charge on any atom is -0.459 e. The van der Waals surface area contributed by atoms with Gasteiger partial charge in [-0.1, -0.05) is 19.8 Å². The fourth-order valence-electron chi connectivity index (χ4n) is 1.42. The zero-order valence-corrected chi connectivity index (χ0v) is 9.90. The SMILES string of the molecule is CCCCC(C)OC(=O)c1ccc(N)cc1. The maximum absolute atomic E-state index is 11.7. The molecule has 1 rings (SSSR count). The molecule has 0 heterocycles. The van der Waals surface area contributed by atoms with E-state index in [1.807, 2.05) is 6.92 Å². The Hall–Kier alpha value is -1.51. The predicted octanol–water partition coefficient (Wildman–Crippen LogP) is 3.00. The van der Waals surface area contributed by atoms with Crippen molar-refractivity contribution in [3.63, 3.8) is 0 Å². The molecular weight excluding hydrogens is 202 g/mol. The average molecular weight is 221 g/mol. The first-order valence-electron chi connectivity index (χ1n) is 5.70. The van der Waals surface area contributed by atoms with Crippen LogP contribution < -0.4 is 5.73 Å². The smallest absolute Gasteiger partial charge is 0.338 e. The molecule has 1 atom stereocenters. The van der Waals surface area contributed by atoms with Crippen molar-refractivity contribution < 1.29 is 9.53 Å². The summed E-state index contributed by atoms with van der Waals surface area (Å²) in [6, 6.07) is 6.77. The summed E-state index contributed by atoms with van der Waals surface area (Å²) in [7, 11) is 0. The highest BCUT2D eigenvalue weighted by atomic mass is 16.5. The number of hydrogen-bond acceptors (Lipinski definition) is 3. The van der Waals surface area contributed by atoms with E-state index in [0.717, 1.165) is 19.3 Å². The Morgan fingerprint density at radius 3 is 2.56 bits per heavy atom. The van der Waals surface area contributed by atoms with Crippen molar-refractivity contribution in [2.24, 2.45) is 0 Å². The second-order valence-corrected chi connectivity index (χ2v) is 3.98. The number of anilines is 1. The van der Waals surface area contributed by atoms with Crippen LogP contribution in [0, 0.1) is 0 Å². The number of esters is 1. The topological polar surface area (TPSA) is 52.3 Å². The molecule has 0 aliphatic heterocycles. The van der Waals surface area contributed by atoms with Crippen LogP contribution in [0.2, 0.25) is 0 Å². The van der Waals surface area contributed by atoms with Gasteiger partial charge in [-0.3, -0.25) is 0 Å². The third-order valence-electron chi connectivity index (χ3n) is 2.42. The van der Waals surface area contributed by atoms with E-state index in [0.29, 0.717) is 11.3 Å². The summed E-state index contributed by atoms with van der Waals surface area (Å²) in [6.07, 6.45) is 3.09. The van der Waals surface area contributed by atoms with E-state index in [2.05, 4.69) is 6.92 Å². The number of carbonyl (C=O) groups excluding carboxylic acids is 1. The Morgan fingerprint density at radius 2 is 2.00 bits per heavy atom. The fourth-order valence-corrected chi connectivity index (χ4v) is 1.42. The molecule has 0 aliphatic carbocycles. The Morgan fingerprint density at radius 1 is 1.38 bits per heavy atom. The van der Waals surface area contributed by atoms with Crippen molar-refractivity contribution in [3.8, 4) is 0 Å². The van der Waals surface area contributed by atoms with Crippen molar-refractivity contribution in [2.75, 3.05) is 5.73 Å². The van der Waals surface area contributed by atoms with E-state index in [9.17, 15) is 4.79 Å². The van der Waals surface area contributed by atoms with Crippen LogP contribution in [0.3, 0.4) is 0 Å². The molecule has 0 aliphatic rings. The minimum atomic E-state index is -0.274. The number of unbranched alkanes of at least 4 members (excludes halogenated alkanes) is 1. The summed E-state index contributed by atoms with van der Waals surface area (Å²) < 4.78 is 5.30. The molecule has 3 nitrogen and oxygen atoms in total. The molecule has 0 fully saturated rings. The molecule has 3 heteroatoms. The van der Waals surface area contributed by atoms with Crippen molar-refractivity contribution >= 4 is 11.7 Å². The first kappa shape index (κ1) is 12.6. The lowest BCUT2D eigenvalue weighted by atomic mass is 10.2. The number of nitrogens with two attached hydrogens (primary N) is 1. The van der Waals surface area contributed by atoms with Crippen LogP contribution in [-0.4, -0.2) is 12.1 Å². The molecule has 0 saturated carbocycles. The number of rotatable bonds is 5. The first-order chi connectivity index (χ1) is 7.63. The number of hydrogen-bond donors (Lipinski definition) is 1. The molecule has 0 spiro atoms. The Balaban J connectivity index is 2.48. The quantitative estimate of drug-likeness (QED) is 0.614. The summed E-state index contributed by atoms with van der Waals surface area (Å²) >= 11 is 0. The van der Waals surface area contributed by atoms with Crippen LogP contribution >= 0.6 is 0 Å². The van der Waals surface area contributed by atoms with Crippen molar-refractivity contribution in [3.05, 3.63) is 29.8 Å². The normalized spacial score (nSPS) is 12.1. The van der Waals surface area contributed by atoms with Crippen LogP contribution in [0.1, 0.15) is 43.5 Å². The molecule has 88 valence electrons. The Labute approximate surface area is 96.6 Å². The second kappa shape index (κ2) is 6.16. The van der Waals surface area contributed by atoms with Crippen LogP contribution in [0.5, 0.6) is 0 Å². The highest BCUT2D eigenvalue weighted by molar-refractivity contribution is 5.89. The van der Waals surface area contributed by atoms with Gasteiger partial charge in [0.15, 0.2) is 0 Å². The van der Waals surface area contributed by atoms with Crippen LogP contribution in [0.4, 0.5) is 5.69 Å². The third kappa shape index (κ3) is 3.93. The predicted molar refractivity (Wildman–Crippen MR) is 65.3 cm³/mol. The molecule has 0 radical (unpaired) electrons. The van der Waals surface area contributed by atoms with Gasteiger partial charge in [0.2, 0.25) is 0 Å². The molecule has 0 bridgehead atoms. The van der Waals surface area contributed by atoms with Gasteiger partial charge in [-0.25, -0.2) is 4.79 Å². The van der Waals surface area contributed by atoms with Gasteiger partial charge >= 0.3 is 5.97 Å². The number of carbonyl (C=O) groups is 1. The van der Waals surface area contributed by atoms with E-state index in [1.54, 1.807) is 24.3 Å². The maximum Gasteiger partial charge on any atom is 0.338 e. The lowest BCUT2D eigenvalue weighted by molar-refractivity contribution is 0.0320. The summed E-state index contributed by atoms with van der Waals surface area (Å²) in [5.74, 6) is -0.274. The minimum absolute atomic E-state index is 0.0231. The molecule has 1 aromatic rings. The summed E-state index contributed by atoms with van der Waals surface area (Å²) in [6.45, 7) is 4.04. The monoisotopic (exact) mass is 221 g/mol. The molecule has 1 aromatic carbocycles. The van der Waals surface area contributed by atoms with Gasteiger partial charge < -0.3 is 10.5 Å². The summed E-state index contributed by atoms with van der Waals surface area (Å²) in [5.41, 5.74) is 6.74. The van der Waals surface area contributed by atoms with E-state index in [-0.39, 0.29) is 12.1 Å². The van der Waals surface area contributed by atoms with E-state index in [1.165, 1.54) is 0 Å². The number of benzene rings is 1. The highest BCUT2D eigenvalue weighted by Crippen LogP contribution is 2.10. The Kier molecular flexibility index (Phi) is 4.83. The van der Waals surface area contributed by atoms with Crippen LogP contribution in [-0.2, 0) is 4.74 Å². The van der Waals surface area contributed by atoms with E-state index < -0.39 is 0 Å². The standard InChI is InChI=1S/C13H19NO2/c1-3-4-5-10(2)16-13(15)11-6-8-12(14)9-7-11/h6-10H,3-5,14H2,1-2H3. The summed E-state index contributed by atoms with van der Waals surface area (Å²) in [4.78, 5) is 11.7.